The molecule has 0 aromatic rings. The molecule has 0 rings (SSSR count). The molecule has 2 radical (unpaired) electrons. The van der Waals surface area contributed by atoms with Crippen molar-refractivity contribution in [3.63, 3.8) is 0 Å². The Bertz CT molecular complexity index is 51.3. The van der Waals surface area contributed by atoms with Gasteiger partial charge in [-0.25, -0.2) is 0 Å². The van der Waals surface area contributed by atoms with E-state index < -0.39 is 4.97 Å². The highest BCUT2D eigenvalue weighted by atomic mass is 27.0. The third-order valence-corrected chi connectivity index (χ3v) is 0.878. The second-order valence-corrected chi connectivity index (χ2v) is 2.26. The van der Waals surface area contributed by atoms with Gasteiger partial charge in [-0.05, 0) is 4.97 Å². The lowest BCUT2D eigenvalue weighted by atomic mass is 10.6. The summed E-state index contributed by atoms with van der Waals surface area (Å²) in [6.45, 7) is 1.19. The molecule has 0 bridgehead atoms. The average Bonchev–Trinajstić information content (AvgIpc) is 1.66. The van der Waals surface area contributed by atoms with Gasteiger partial charge < -0.3 is 15.5 Å². The standard InChI is InChI=1S/C4H10NO2.Al/c6-3-1-5-2-4-7;/h3,5-7H,1-2,4H2;. The van der Waals surface area contributed by atoms with Gasteiger partial charge in [0.05, 0.1) is 6.61 Å². The number of aliphatic hydroxyl groups excluding tert-OH is 2. The average molecular weight is 131 g/mol. The molecular formula is C4H10AlNO2. The predicted molar refractivity (Wildman–Crippen MR) is 31.7 cm³/mol. The first-order valence-corrected chi connectivity index (χ1v) is 3.19. The van der Waals surface area contributed by atoms with Crippen LogP contribution in [0.3, 0.4) is 0 Å². The largest absolute Gasteiger partial charge is 0.409 e. The summed E-state index contributed by atoms with van der Waals surface area (Å²) in [6, 6.07) is 0. The van der Waals surface area contributed by atoms with E-state index in [0.29, 0.717) is 13.1 Å². The van der Waals surface area contributed by atoms with E-state index in [-0.39, 0.29) is 6.61 Å². The molecule has 0 fully saturated rings. The van der Waals surface area contributed by atoms with Crippen LogP contribution in [0, 0.1) is 0 Å². The molecule has 46 valence electrons. The van der Waals surface area contributed by atoms with Gasteiger partial charge in [-0.1, -0.05) is 0 Å². The van der Waals surface area contributed by atoms with E-state index in [2.05, 4.69) is 21.6 Å². The fourth-order valence-corrected chi connectivity index (χ4v) is 0.496. The molecular weight excluding hydrogens is 121 g/mol. The first-order valence-electron chi connectivity index (χ1n) is 2.52. The molecule has 0 saturated heterocycles. The number of rotatable bonds is 4. The molecule has 0 aliphatic carbocycles. The van der Waals surface area contributed by atoms with Gasteiger partial charge in [-0.2, -0.15) is 0 Å². The Morgan fingerprint density at radius 2 is 2.25 bits per heavy atom. The summed E-state index contributed by atoms with van der Waals surface area (Å²) in [5.74, 6) is 0. The Morgan fingerprint density at radius 3 is 2.62 bits per heavy atom. The van der Waals surface area contributed by atoms with Crippen LogP contribution in [0.25, 0.3) is 0 Å². The minimum absolute atomic E-state index is 0.122. The summed E-state index contributed by atoms with van der Waals surface area (Å²) in [7, 11) is 0. The van der Waals surface area contributed by atoms with E-state index in [1.54, 1.807) is 0 Å². The minimum atomic E-state index is -0.401. The maximum Gasteiger partial charge on any atom is 0.172 e. The van der Waals surface area contributed by atoms with Gasteiger partial charge in [0.1, 0.15) is 0 Å². The molecule has 0 amide bonds. The number of hydrogen-bond donors (Lipinski definition) is 3. The van der Waals surface area contributed by atoms with Gasteiger partial charge in [-0.3, -0.25) is 0 Å². The van der Waals surface area contributed by atoms with Gasteiger partial charge in [0.25, 0.3) is 0 Å². The van der Waals surface area contributed by atoms with Crippen LogP contribution in [0.5, 0.6) is 0 Å². The fourth-order valence-electron chi connectivity index (χ4n) is 0.329. The van der Waals surface area contributed by atoms with Crippen molar-refractivity contribution in [3.05, 3.63) is 0 Å². The smallest absolute Gasteiger partial charge is 0.172 e. The normalized spacial score (nSPS) is 13.8. The number of aliphatic hydroxyl groups is 2. The Labute approximate surface area is 57.1 Å². The van der Waals surface area contributed by atoms with Crippen molar-refractivity contribution in [1.29, 1.82) is 0 Å². The molecule has 0 aliphatic heterocycles. The van der Waals surface area contributed by atoms with E-state index in [4.69, 9.17) is 10.2 Å². The highest BCUT2D eigenvalue weighted by Gasteiger charge is 1.89. The molecule has 0 aromatic heterocycles. The van der Waals surface area contributed by atoms with Crippen molar-refractivity contribution < 1.29 is 10.2 Å². The van der Waals surface area contributed by atoms with Gasteiger partial charge in [0, 0.05) is 13.1 Å². The Morgan fingerprint density at radius 1 is 1.62 bits per heavy atom. The molecule has 0 aliphatic rings. The van der Waals surface area contributed by atoms with Gasteiger partial charge in [0.15, 0.2) is 16.3 Å². The van der Waals surface area contributed by atoms with Crippen molar-refractivity contribution in [2.45, 2.75) is 4.97 Å². The topological polar surface area (TPSA) is 52.5 Å². The van der Waals surface area contributed by atoms with Crippen molar-refractivity contribution in [2.75, 3.05) is 19.7 Å². The number of nitrogens with one attached hydrogen (secondary N) is 1. The lowest BCUT2D eigenvalue weighted by Crippen LogP contribution is -2.28. The van der Waals surface area contributed by atoms with Crippen LogP contribution in [-0.4, -0.2) is 51.2 Å². The predicted octanol–water partition coefficient (Wildman–Crippen LogP) is -1.94. The van der Waals surface area contributed by atoms with Crippen LogP contribution in [0.15, 0.2) is 0 Å². The summed E-state index contributed by atoms with van der Waals surface area (Å²) in [5.41, 5.74) is 0. The molecule has 0 heterocycles. The highest BCUT2D eigenvalue weighted by Crippen LogP contribution is 1.66. The maximum absolute atomic E-state index is 8.60. The molecule has 4 heteroatoms. The van der Waals surface area contributed by atoms with Crippen molar-refractivity contribution in [3.8, 4) is 0 Å². The minimum Gasteiger partial charge on any atom is -0.409 e. The van der Waals surface area contributed by atoms with Gasteiger partial charge in [0.2, 0.25) is 0 Å². The van der Waals surface area contributed by atoms with Gasteiger partial charge >= 0.3 is 0 Å². The fraction of sp³-hybridized carbons (Fsp3) is 1.00. The van der Waals surface area contributed by atoms with Crippen LogP contribution in [-0.2, 0) is 0 Å². The van der Waals surface area contributed by atoms with E-state index in [0.717, 1.165) is 0 Å². The SMILES string of the molecule is OCCNC[CH](O)[Al]. The highest BCUT2D eigenvalue weighted by molar-refractivity contribution is 6.10. The van der Waals surface area contributed by atoms with Crippen molar-refractivity contribution in [2.24, 2.45) is 0 Å². The molecule has 0 saturated carbocycles. The molecule has 8 heavy (non-hydrogen) atoms. The van der Waals surface area contributed by atoms with Crippen LogP contribution < -0.4 is 5.32 Å². The van der Waals surface area contributed by atoms with Crippen molar-refractivity contribution in [1.82, 2.24) is 5.32 Å². The second-order valence-electron chi connectivity index (χ2n) is 1.50. The Balaban J connectivity index is 2.72. The summed E-state index contributed by atoms with van der Waals surface area (Å²) in [6.07, 6.45) is 0. The molecule has 0 aromatic carbocycles. The van der Waals surface area contributed by atoms with E-state index in [9.17, 15) is 0 Å². The zero-order valence-electron chi connectivity index (χ0n) is 4.67. The zero-order chi connectivity index (χ0) is 6.41. The van der Waals surface area contributed by atoms with Crippen molar-refractivity contribution >= 4 is 16.3 Å². The molecule has 0 spiro atoms. The molecule has 3 nitrogen and oxygen atoms in total. The summed E-state index contributed by atoms with van der Waals surface area (Å²) in [5, 5.41) is 19.6. The third kappa shape index (κ3) is 6.41. The summed E-state index contributed by atoms with van der Waals surface area (Å²) in [4.78, 5) is -0.401. The van der Waals surface area contributed by atoms with Crippen LogP contribution in [0.1, 0.15) is 0 Å². The number of hydrogen-bond acceptors (Lipinski definition) is 3. The summed E-state index contributed by atoms with van der Waals surface area (Å²) >= 11 is 2.24. The van der Waals surface area contributed by atoms with E-state index in [1.165, 1.54) is 0 Å². The van der Waals surface area contributed by atoms with Crippen LogP contribution in [0.2, 0.25) is 0 Å². The lowest BCUT2D eigenvalue weighted by molar-refractivity contribution is 0.238. The quantitative estimate of drug-likeness (QED) is 0.307. The third-order valence-electron chi connectivity index (χ3n) is 0.642. The maximum atomic E-state index is 8.60. The summed E-state index contributed by atoms with van der Waals surface area (Å²) < 4.78 is 0. The van der Waals surface area contributed by atoms with Crippen LogP contribution >= 0.6 is 0 Å². The lowest BCUT2D eigenvalue weighted by Gasteiger charge is -2.04. The molecule has 3 N–H and O–H groups in total. The first kappa shape index (κ1) is 8.41. The first-order chi connectivity index (χ1) is 3.77. The zero-order valence-corrected chi connectivity index (χ0v) is 5.83. The Kier molecular flexibility index (Phi) is 5.83. The second kappa shape index (κ2) is 5.55. The molecule has 1 atom stereocenters. The van der Waals surface area contributed by atoms with Gasteiger partial charge in [-0.15, -0.1) is 0 Å². The Hall–Kier alpha value is 0.412. The van der Waals surface area contributed by atoms with E-state index >= 15 is 0 Å². The molecule has 1 unspecified atom stereocenters. The van der Waals surface area contributed by atoms with Crippen LogP contribution in [0.4, 0.5) is 0 Å². The monoisotopic (exact) mass is 131 g/mol. The van der Waals surface area contributed by atoms with E-state index in [1.807, 2.05) is 0 Å².